The summed E-state index contributed by atoms with van der Waals surface area (Å²) in [6, 6.07) is 13.7. The molecule has 25 heavy (non-hydrogen) atoms. The smallest absolute Gasteiger partial charge is 0.165 e. The zero-order valence-electron chi connectivity index (χ0n) is 13.6. The molecule has 0 fully saturated rings. The SMILES string of the molecule is Nc1ccc(-c2cnn3c(NCCc4cccnc4)ccnc23)cc1. The normalized spacial score (nSPS) is 10.9. The fourth-order valence-electron chi connectivity index (χ4n) is 2.77. The molecule has 0 aliphatic rings. The Morgan fingerprint density at radius 1 is 1.00 bits per heavy atom. The monoisotopic (exact) mass is 330 g/mol. The summed E-state index contributed by atoms with van der Waals surface area (Å²) in [6.07, 6.45) is 8.19. The van der Waals surface area contributed by atoms with Crippen molar-refractivity contribution >= 4 is 17.2 Å². The van der Waals surface area contributed by atoms with E-state index >= 15 is 0 Å². The van der Waals surface area contributed by atoms with E-state index in [1.165, 1.54) is 5.56 Å². The van der Waals surface area contributed by atoms with Crippen LogP contribution < -0.4 is 11.1 Å². The number of benzene rings is 1. The highest BCUT2D eigenvalue weighted by Crippen LogP contribution is 2.25. The summed E-state index contributed by atoms with van der Waals surface area (Å²) in [6.45, 7) is 0.794. The fourth-order valence-corrected chi connectivity index (χ4v) is 2.77. The molecule has 0 spiro atoms. The number of nitrogens with zero attached hydrogens (tertiary/aromatic N) is 4. The van der Waals surface area contributed by atoms with Crippen LogP contribution in [0.5, 0.6) is 0 Å². The Labute approximate surface area is 145 Å². The maximum absolute atomic E-state index is 5.77. The van der Waals surface area contributed by atoms with Gasteiger partial charge in [0.25, 0.3) is 0 Å². The van der Waals surface area contributed by atoms with E-state index in [1.54, 1.807) is 12.4 Å². The van der Waals surface area contributed by atoms with Crippen molar-refractivity contribution in [2.75, 3.05) is 17.6 Å². The van der Waals surface area contributed by atoms with Crippen molar-refractivity contribution in [3.05, 3.63) is 72.8 Å². The van der Waals surface area contributed by atoms with Gasteiger partial charge in [0.1, 0.15) is 5.82 Å². The molecule has 0 aliphatic heterocycles. The number of fused-ring (bicyclic) bond motifs is 1. The first-order valence-electron chi connectivity index (χ1n) is 8.13. The third kappa shape index (κ3) is 3.14. The maximum Gasteiger partial charge on any atom is 0.165 e. The molecule has 0 unspecified atom stereocenters. The van der Waals surface area contributed by atoms with Crippen LogP contribution in [-0.2, 0) is 6.42 Å². The van der Waals surface area contributed by atoms with Gasteiger partial charge in [-0.05, 0) is 41.8 Å². The second-order valence-corrected chi connectivity index (χ2v) is 5.78. The molecule has 1 aromatic carbocycles. The van der Waals surface area contributed by atoms with Crippen LogP contribution in [0.3, 0.4) is 0 Å². The fraction of sp³-hybridized carbons (Fsp3) is 0.105. The summed E-state index contributed by atoms with van der Waals surface area (Å²) in [5, 5.41) is 7.91. The molecule has 3 N–H and O–H groups in total. The number of pyridine rings is 1. The van der Waals surface area contributed by atoms with Crippen LogP contribution in [-0.4, -0.2) is 26.1 Å². The molecule has 0 bridgehead atoms. The molecule has 124 valence electrons. The summed E-state index contributed by atoms with van der Waals surface area (Å²) in [7, 11) is 0. The largest absolute Gasteiger partial charge is 0.399 e. The molecule has 6 nitrogen and oxygen atoms in total. The lowest BCUT2D eigenvalue weighted by atomic mass is 10.1. The van der Waals surface area contributed by atoms with E-state index in [-0.39, 0.29) is 0 Å². The molecule has 4 aromatic rings. The van der Waals surface area contributed by atoms with Crippen molar-refractivity contribution in [2.24, 2.45) is 0 Å². The Morgan fingerprint density at radius 2 is 1.88 bits per heavy atom. The molecule has 3 aromatic heterocycles. The Morgan fingerprint density at radius 3 is 2.68 bits per heavy atom. The zero-order valence-corrected chi connectivity index (χ0v) is 13.6. The number of nitrogen functional groups attached to an aromatic ring is 1. The number of rotatable bonds is 5. The van der Waals surface area contributed by atoms with Crippen molar-refractivity contribution in [2.45, 2.75) is 6.42 Å². The first kappa shape index (κ1) is 15.1. The molecule has 0 atom stereocenters. The van der Waals surface area contributed by atoms with Gasteiger partial charge in [0, 0.05) is 36.4 Å². The van der Waals surface area contributed by atoms with E-state index < -0.39 is 0 Å². The third-order valence-electron chi connectivity index (χ3n) is 4.07. The second-order valence-electron chi connectivity index (χ2n) is 5.78. The summed E-state index contributed by atoms with van der Waals surface area (Å²) < 4.78 is 1.83. The molecule has 0 saturated carbocycles. The van der Waals surface area contributed by atoms with Gasteiger partial charge in [0.15, 0.2) is 5.65 Å². The minimum absolute atomic E-state index is 0.742. The predicted molar refractivity (Wildman–Crippen MR) is 99.3 cm³/mol. The average molecular weight is 330 g/mol. The van der Waals surface area contributed by atoms with E-state index in [1.807, 2.05) is 53.3 Å². The van der Waals surface area contributed by atoms with Gasteiger partial charge in [0.2, 0.25) is 0 Å². The molecule has 0 amide bonds. The lowest BCUT2D eigenvalue weighted by molar-refractivity contribution is 0.911. The molecular formula is C19H18N6. The van der Waals surface area contributed by atoms with E-state index in [9.17, 15) is 0 Å². The predicted octanol–water partition coefficient (Wildman–Crippen LogP) is 3.03. The van der Waals surface area contributed by atoms with Crippen molar-refractivity contribution < 1.29 is 0 Å². The van der Waals surface area contributed by atoms with Gasteiger partial charge in [-0.1, -0.05) is 18.2 Å². The van der Waals surface area contributed by atoms with E-state index in [0.29, 0.717) is 0 Å². The first-order valence-corrected chi connectivity index (χ1v) is 8.13. The second kappa shape index (κ2) is 6.60. The van der Waals surface area contributed by atoms with Gasteiger partial charge in [0.05, 0.1) is 6.20 Å². The lowest BCUT2D eigenvalue weighted by Gasteiger charge is -2.08. The highest BCUT2D eigenvalue weighted by Gasteiger charge is 2.10. The number of hydrogen-bond donors (Lipinski definition) is 2. The maximum atomic E-state index is 5.77. The zero-order chi connectivity index (χ0) is 17.1. The van der Waals surface area contributed by atoms with Gasteiger partial charge in [-0.3, -0.25) is 4.98 Å². The van der Waals surface area contributed by atoms with E-state index in [0.717, 1.165) is 41.2 Å². The van der Waals surface area contributed by atoms with Crippen LogP contribution in [0.25, 0.3) is 16.8 Å². The van der Waals surface area contributed by atoms with Gasteiger partial charge in [-0.2, -0.15) is 9.61 Å². The van der Waals surface area contributed by atoms with Crippen LogP contribution in [0.1, 0.15) is 5.56 Å². The van der Waals surface area contributed by atoms with Gasteiger partial charge in [-0.15, -0.1) is 0 Å². The van der Waals surface area contributed by atoms with Gasteiger partial charge < -0.3 is 11.1 Å². The van der Waals surface area contributed by atoms with Crippen LogP contribution in [0.2, 0.25) is 0 Å². The summed E-state index contributed by atoms with van der Waals surface area (Å²) >= 11 is 0. The molecule has 0 radical (unpaired) electrons. The molecule has 6 heteroatoms. The minimum Gasteiger partial charge on any atom is -0.399 e. The molecule has 4 rings (SSSR count). The minimum atomic E-state index is 0.742. The highest BCUT2D eigenvalue weighted by molar-refractivity contribution is 5.78. The topological polar surface area (TPSA) is 81.1 Å². The Hall–Kier alpha value is -3.41. The standard InChI is InChI=1S/C19H18N6/c20-16-5-3-15(4-6-16)17-13-24-25-18(8-11-23-19(17)25)22-10-7-14-2-1-9-21-12-14/h1-6,8-9,11-13,22H,7,10,20H2. The summed E-state index contributed by atoms with van der Waals surface area (Å²) in [5.41, 5.74) is 10.6. The summed E-state index contributed by atoms with van der Waals surface area (Å²) in [5.74, 6) is 0.913. The average Bonchev–Trinajstić information content (AvgIpc) is 3.08. The number of nitrogens with one attached hydrogen (secondary N) is 1. The number of nitrogens with two attached hydrogens (primary N) is 1. The molecule has 0 aliphatic carbocycles. The summed E-state index contributed by atoms with van der Waals surface area (Å²) in [4.78, 5) is 8.63. The van der Waals surface area contributed by atoms with Gasteiger partial charge in [-0.25, -0.2) is 4.98 Å². The van der Waals surface area contributed by atoms with Crippen LogP contribution in [0.4, 0.5) is 11.5 Å². The lowest BCUT2D eigenvalue weighted by Crippen LogP contribution is -2.09. The van der Waals surface area contributed by atoms with E-state index in [2.05, 4.69) is 26.4 Å². The Kier molecular flexibility index (Phi) is 4.00. The number of aromatic nitrogens is 4. The third-order valence-corrected chi connectivity index (χ3v) is 4.07. The van der Waals surface area contributed by atoms with Crippen LogP contribution >= 0.6 is 0 Å². The molecular weight excluding hydrogens is 312 g/mol. The van der Waals surface area contributed by atoms with Crippen molar-refractivity contribution in [3.8, 4) is 11.1 Å². The number of anilines is 2. The number of hydrogen-bond acceptors (Lipinski definition) is 5. The van der Waals surface area contributed by atoms with Crippen molar-refractivity contribution in [1.29, 1.82) is 0 Å². The van der Waals surface area contributed by atoms with Gasteiger partial charge >= 0.3 is 0 Å². The quantitative estimate of drug-likeness (QED) is 0.550. The Balaban J connectivity index is 1.57. The van der Waals surface area contributed by atoms with Crippen molar-refractivity contribution in [3.63, 3.8) is 0 Å². The molecule has 3 heterocycles. The van der Waals surface area contributed by atoms with Crippen LogP contribution in [0, 0.1) is 0 Å². The molecule has 0 saturated heterocycles. The Bertz CT molecular complexity index is 976. The van der Waals surface area contributed by atoms with Crippen LogP contribution in [0.15, 0.2) is 67.3 Å². The highest BCUT2D eigenvalue weighted by atomic mass is 15.3. The van der Waals surface area contributed by atoms with Crippen molar-refractivity contribution in [1.82, 2.24) is 19.6 Å². The van der Waals surface area contributed by atoms with E-state index in [4.69, 9.17) is 5.73 Å². The first-order chi connectivity index (χ1) is 12.3.